The maximum atomic E-state index is 13.3. The number of anilines is 1. The van der Waals surface area contributed by atoms with Gasteiger partial charge < -0.3 is 14.8 Å². The summed E-state index contributed by atoms with van der Waals surface area (Å²) in [5.41, 5.74) is 1.47. The molecule has 1 aliphatic carbocycles. The van der Waals surface area contributed by atoms with Gasteiger partial charge in [-0.15, -0.1) is 5.10 Å². The molecule has 0 radical (unpaired) electrons. The van der Waals surface area contributed by atoms with Crippen LogP contribution in [0, 0.1) is 5.92 Å². The van der Waals surface area contributed by atoms with E-state index in [9.17, 15) is 18.0 Å². The molecule has 10 heteroatoms. The van der Waals surface area contributed by atoms with Crippen LogP contribution in [-0.4, -0.2) is 34.8 Å². The van der Waals surface area contributed by atoms with Gasteiger partial charge in [-0.05, 0) is 24.5 Å². The van der Waals surface area contributed by atoms with E-state index in [1.165, 1.54) is 14.2 Å². The van der Waals surface area contributed by atoms with Crippen LogP contribution in [0.1, 0.15) is 37.2 Å². The molecule has 154 valence electrons. The zero-order valence-corrected chi connectivity index (χ0v) is 16.0. The van der Waals surface area contributed by atoms with Crippen LogP contribution >= 0.6 is 0 Å². The van der Waals surface area contributed by atoms with Gasteiger partial charge in [0.1, 0.15) is 17.5 Å². The predicted octanol–water partition coefficient (Wildman–Crippen LogP) is 3.58. The Labute approximate surface area is 164 Å². The number of benzene rings is 1. The summed E-state index contributed by atoms with van der Waals surface area (Å²) in [6.45, 7) is 1.92. The van der Waals surface area contributed by atoms with Crippen molar-refractivity contribution >= 4 is 11.7 Å². The normalized spacial score (nSPS) is 21.4. The van der Waals surface area contributed by atoms with Gasteiger partial charge in [-0.3, -0.25) is 4.79 Å². The highest BCUT2D eigenvalue weighted by Crippen LogP contribution is 2.45. The van der Waals surface area contributed by atoms with Crippen molar-refractivity contribution in [2.75, 3.05) is 19.5 Å². The first-order valence-electron chi connectivity index (χ1n) is 9.01. The minimum atomic E-state index is -4.71. The predicted molar refractivity (Wildman–Crippen MR) is 96.8 cm³/mol. The Morgan fingerprint density at radius 1 is 1.21 bits per heavy atom. The van der Waals surface area contributed by atoms with E-state index in [2.05, 4.69) is 15.4 Å². The highest BCUT2D eigenvalue weighted by Gasteiger charge is 2.43. The minimum absolute atomic E-state index is 0.0548. The lowest BCUT2D eigenvalue weighted by atomic mass is 9.81. The molecule has 2 unspecified atom stereocenters. The van der Waals surface area contributed by atoms with E-state index in [1.807, 2.05) is 6.92 Å². The average molecular weight is 408 g/mol. The summed E-state index contributed by atoms with van der Waals surface area (Å²) in [6, 6.07) is 4.07. The summed E-state index contributed by atoms with van der Waals surface area (Å²) >= 11 is 0. The van der Waals surface area contributed by atoms with E-state index in [4.69, 9.17) is 9.47 Å². The van der Waals surface area contributed by atoms with Crippen molar-refractivity contribution < 1.29 is 27.4 Å². The number of carbonyl (C=O) groups is 1. The van der Waals surface area contributed by atoms with Crippen molar-refractivity contribution in [2.24, 2.45) is 5.92 Å². The molecule has 1 aliphatic heterocycles. The van der Waals surface area contributed by atoms with Crippen LogP contribution in [0.25, 0.3) is 0 Å². The fraction of sp³-hybridized carbons (Fsp3) is 0.421. The quantitative estimate of drug-likeness (QED) is 0.837. The molecule has 0 saturated heterocycles. The molecule has 2 aliphatic rings. The average Bonchev–Trinajstić information content (AvgIpc) is 3.09. The summed E-state index contributed by atoms with van der Waals surface area (Å²) in [5.74, 6) is -0.483. The minimum Gasteiger partial charge on any atom is -0.497 e. The fourth-order valence-corrected chi connectivity index (χ4v) is 3.86. The Morgan fingerprint density at radius 2 is 1.97 bits per heavy atom. The van der Waals surface area contributed by atoms with Gasteiger partial charge in [0.05, 0.1) is 14.2 Å². The molecule has 0 bridgehead atoms. The monoisotopic (exact) mass is 408 g/mol. The van der Waals surface area contributed by atoms with Crippen LogP contribution in [0.3, 0.4) is 0 Å². The number of fused-ring (bicyclic) bond motifs is 1. The van der Waals surface area contributed by atoms with Crippen molar-refractivity contribution in [1.82, 2.24) is 14.8 Å². The Kier molecular flexibility index (Phi) is 4.51. The first-order valence-corrected chi connectivity index (χ1v) is 9.01. The molecule has 1 aromatic carbocycles. The number of Topliss-reactive ketones (excluding diaryl/α,β-unsaturated/α-hetero) is 1. The van der Waals surface area contributed by atoms with E-state index >= 15 is 0 Å². The molecular weight excluding hydrogens is 389 g/mol. The van der Waals surface area contributed by atoms with Crippen LogP contribution < -0.4 is 14.8 Å². The van der Waals surface area contributed by atoms with Gasteiger partial charge in [-0.1, -0.05) is 6.92 Å². The lowest BCUT2D eigenvalue weighted by Crippen LogP contribution is -2.33. The lowest BCUT2D eigenvalue weighted by Gasteiger charge is -2.34. The van der Waals surface area contributed by atoms with Gasteiger partial charge in [-0.25, -0.2) is 4.68 Å². The van der Waals surface area contributed by atoms with Crippen molar-refractivity contribution in [3.63, 3.8) is 0 Å². The topological polar surface area (TPSA) is 78.3 Å². The van der Waals surface area contributed by atoms with E-state index in [0.29, 0.717) is 41.2 Å². The second kappa shape index (κ2) is 6.78. The van der Waals surface area contributed by atoms with Crippen molar-refractivity contribution in [1.29, 1.82) is 0 Å². The molecule has 0 saturated carbocycles. The van der Waals surface area contributed by atoms with Crippen LogP contribution in [0.4, 0.5) is 19.1 Å². The summed E-state index contributed by atoms with van der Waals surface area (Å²) in [7, 11) is 2.94. The van der Waals surface area contributed by atoms with Gasteiger partial charge in [0.2, 0.25) is 5.95 Å². The Morgan fingerprint density at radius 3 is 2.62 bits per heavy atom. The van der Waals surface area contributed by atoms with Crippen LogP contribution in [0.5, 0.6) is 11.5 Å². The van der Waals surface area contributed by atoms with Gasteiger partial charge >= 0.3 is 6.18 Å². The zero-order valence-electron chi connectivity index (χ0n) is 16.0. The SMILES string of the molecule is COc1ccc(C2C3=C(CC(C)CC3=O)Nc3nc(C(F)(F)F)nn32)c(OC)c1. The summed E-state index contributed by atoms with van der Waals surface area (Å²) in [4.78, 5) is 16.5. The van der Waals surface area contributed by atoms with E-state index in [0.717, 1.165) is 4.68 Å². The number of rotatable bonds is 3. The molecular formula is C19H19F3N4O3. The highest BCUT2D eigenvalue weighted by atomic mass is 19.4. The third-order valence-electron chi connectivity index (χ3n) is 5.11. The number of ether oxygens (including phenoxy) is 2. The standard InChI is InChI=1S/C19H19F3N4O3/c1-9-6-12-15(13(27)7-9)16(11-5-4-10(28-2)8-14(11)29-3)26-18(23-12)24-17(25-26)19(20,21)22/h4-5,8-9,16H,6-7H2,1-3H3,(H,23,24,25). The third-order valence-corrected chi connectivity index (χ3v) is 5.11. The summed E-state index contributed by atoms with van der Waals surface area (Å²) in [5, 5.41) is 6.58. The highest BCUT2D eigenvalue weighted by molar-refractivity contribution is 5.99. The van der Waals surface area contributed by atoms with Crippen molar-refractivity contribution in [2.45, 2.75) is 32.0 Å². The van der Waals surface area contributed by atoms with Crippen molar-refractivity contribution in [3.05, 3.63) is 40.9 Å². The molecule has 1 N–H and O–H groups in total. The molecule has 2 heterocycles. The largest absolute Gasteiger partial charge is 0.497 e. The molecule has 0 amide bonds. The Balaban J connectivity index is 1.94. The third kappa shape index (κ3) is 3.22. The molecule has 0 fully saturated rings. The van der Waals surface area contributed by atoms with E-state index in [-0.39, 0.29) is 17.6 Å². The number of hydrogen-bond donors (Lipinski definition) is 1. The number of allylic oxidation sites excluding steroid dienone is 2. The van der Waals surface area contributed by atoms with Gasteiger partial charge in [0.15, 0.2) is 5.78 Å². The smallest absolute Gasteiger partial charge is 0.453 e. The number of aromatic nitrogens is 3. The Bertz CT molecular complexity index is 1010. The second-order valence-corrected chi connectivity index (χ2v) is 7.17. The summed E-state index contributed by atoms with van der Waals surface area (Å²) in [6.07, 6.45) is -3.87. The van der Waals surface area contributed by atoms with Gasteiger partial charge in [0, 0.05) is 29.3 Å². The molecule has 4 rings (SSSR count). The number of methoxy groups -OCH3 is 2. The number of carbonyl (C=O) groups excluding carboxylic acids is 1. The first kappa shape index (κ1) is 19.3. The number of halogens is 3. The molecule has 0 spiro atoms. The zero-order chi connectivity index (χ0) is 20.9. The van der Waals surface area contributed by atoms with Crippen LogP contribution in [0.2, 0.25) is 0 Å². The number of hydrogen-bond acceptors (Lipinski definition) is 6. The van der Waals surface area contributed by atoms with Crippen LogP contribution in [-0.2, 0) is 11.0 Å². The molecule has 7 nitrogen and oxygen atoms in total. The summed E-state index contributed by atoms with van der Waals surface area (Å²) < 4.78 is 51.6. The maximum Gasteiger partial charge on any atom is 0.453 e. The number of nitrogens with one attached hydrogen (secondary N) is 1. The molecule has 2 aromatic rings. The van der Waals surface area contributed by atoms with Crippen LogP contribution in [0.15, 0.2) is 29.5 Å². The molecule has 2 atom stereocenters. The van der Waals surface area contributed by atoms with E-state index < -0.39 is 18.0 Å². The molecule has 1 aromatic heterocycles. The van der Waals surface area contributed by atoms with E-state index in [1.54, 1.807) is 18.2 Å². The fourth-order valence-electron chi connectivity index (χ4n) is 3.86. The number of nitrogens with zero attached hydrogens (tertiary/aromatic N) is 3. The number of alkyl halides is 3. The van der Waals surface area contributed by atoms with Gasteiger partial charge in [-0.2, -0.15) is 18.2 Å². The number of ketones is 1. The first-order chi connectivity index (χ1) is 13.7. The maximum absolute atomic E-state index is 13.3. The lowest BCUT2D eigenvalue weighted by molar-refractivity contribution is -0.145. The second-order valence-electron chi connectivity index (χ2n) is 7.17. The van der Waals surface area contributed by atoms with Gasteiger partial charge in [0.25, 0.3) is 5.82 Å². The Hall–Kier alpha value is -3.04. The molecule has 29 heavy (non-hydrogen) atoms. The van der Waals surface area contributed by atoms with Crippen molar-refractivity contribution in [3.8, 4) is 11.5 Å².